The van der Waals surface area contributed by atoms with Crippen molar-refractivity contribution in [3.05, 3.63) is 139 Å². The predicted octanol–water partition coefficient (Wildman–Crippen LogP) is 6.64. The van der Waals surface area contributed by atoms with E-state index in [1.165, 1.54) is 27.1 Å². The lowest BCUT2D eigenvalue weighted by molar-refractivity contribution is -0.0132. The minimum Gasteiger partial charge on any atom is -0.375 e. The van der Waals surface area contributed by atoms with E-state index in [1.807, 2.05) is 10.6 Å². The lowest BCUT2D eigenvalue weighted by Crippen LogP contribution is -2.39. The van der Waals surface area contributed by atoms with Gasteiger partial charge in [-0.05, 0) is 117 Å². The van der Waals surface area contributed by atoms with E-state index in [1.54, 1.807) is 65.6 Å². The largest absolute Gasteiger partial charge is 0.438 e. The first-order valence-corrected chi connectivity index (χ1v) is 21.8. The molecule has 17 heteroatoms. The number of ether oxygens (including phenoxy) is 1. The highest BCUT2D eigenvalue weighted by Gasteiger charge is 2.59. The summed E-state index contributed by atoms with van der Waals surface area (Å²) >= 11 is 0. The molecule has 0 bridgehead atoms. The van der Waals surface area contributed by atoms with Crippen LogP contribution in [0, 0.1) is 31.4 Å². The van der Waals surface area contributed by atoms with Gasteiger partial charge in [0, 0.05) is 55.5 Å². The number of carbonyl (C=O) groups is 1. The van der Waals surface area contributed by atoms with Crippen molar-refractivity contribution in [1.82, 2.24) is 48.3 Å². The van der Waals surface area contributed by atoms with Crippen molar-refractivity contribution < 1.29 is 22.8 Å². The topological polar surface area (TPSA) is 156 Å². The number of carbonyl (C=O) groups excluding carboxylic acids is 1. The van der Waals surface area contributed by atoms with Gasteiger partial charge in [0.05, 0.1) is 46.3 Å². The molecule has 12 rings (SSSR count). The lowest BCUT2D eigenvalue weighted by atomic mass is 9.87. The Hall–Kier alpha value is -6.88. The molecule has 64 heavy (non-hydrogen) atoms. The summed E-state index contributed by atoms with van der Waals surface area (Å²) in [6.45, 7) is 6.53. The first-order chi connectivity index (χ1) is 30.8. The van der Waals surface area contributed by atoms with Crippen LogP contribution in [0.2, 0.25) is 0 Å². The van der Waals surface area contributed by atoms with Crippen molar-refractivity contribution >= 4 is 27.7 Å². The number of nitrogens with one attached hydrogen (secondary N) is 1. The first-order valence-electron chi connectivity index (χ1n) is 21.8. The molecule has 7 heterocycles. The minimum atomic E-state index is -0.837. The molecule has 2 saturated carbocycles. The van der Waals surface area contributed by atoms with Gasteiger partial charge in [-0.3, -0.25) is 28.1 Å². The van der Waals surface area contributed by atoms with Crippen molar-refractivity contribution in [3.63, 3.8) is 0 Å². The molecule has 1 spiro atoms. The van der Waals surface area contributed by atoms with Crippen LogP contribution in [-0.2, 0) is 30.3 Å². The molecular weight excluding hydrogens is 823 g/mol. The zero-order valence-corrected chi connectivity index (χ0v) is 35.7. The molecule has 2 aliphatic carbocycles. The third-order valence-corrected chi connectivity index (χ3v) is 14.4. The van der Waals surface area contributed by atoms with Crippen LogP contribution in [0.25, 0.3) is 39.0 Å². The summed E-state index contributed by atoms with van der Waals surface area (Å²) in [4.78, 5) is 46.9. The van der Waals surface area contributed by atoms with E-state index in [4.69, 9.17) is 14.4 Å². The van der Waals surface area contributed by atoms with Crippen LogP contribution in [0.4, 0.5) is 8.78 Å². The molecular formula is C47H44F2N10O5. The van der Waals surface area contributed by atoms with E-state index < -0.39 is 22.8 Å². The van der Waals surface area contributed by atoms with Crippen molar-refractivity contribution in [1.29, 1.82) is 0 Å². The minimum absolute atomic E-state index is 0.0104. The Balaban J connectivity index is 0.983. The van der Waals surface area contributed by atoms with E-state index >= 15 is 13.6 Å². The number of hydrogen-bond donors (Lipinski definition) is 1. The second-order valence-corrected chi connectivity index (χ2v) is 18.3. The quantitative estimate of drug-likeness (QED) is 0.187. The highest BCUT2D eigenvalue weighted by molar-refractivity contribution is 5.99. The fourth-order valence-corrected chi connectivity index (χ4v) is 10.7. The van der Waals surface area contributed by atoms with Gasteiger partial charge in [-0.1, -0.05) is 18.1 Å². The molecule has 3 atom stereocenters. The van der Waals surface area contributed by atoms with E-state index in [0.29, 0.717) is 76.2 Å². The number of aromatic amines is 1. The molecule has 1 saturated heterocycles. The van der Waals surface area contributed by atoms with Crippen LogP contribution in [0.15, 0.2) is 81.2 Å². The predicted molar refractivity (Wildman–Crippen MR) is 230 cm³/mol. The highest BCUT2D eigenvalue weighted by Crippen LogP contribution is 2.56. The van der Waals surface area contributed by atoms with Crippen molar-refractivity contribution in [2.24, 2.45) is 13.0 Å². The number of nitrogens with zero attached hydrogens (tertiary/aromatic N) is 9. The highest BCUT2D eigenvalue weighted by atomic mass is 19.1. The molecule has 3 aromatic carbocycles. The fraction of sp³-hybridized carbons (Fsp3) is 0.362. The molecule has 5 aromatic heterocycles. The molecule has 0 unspecified atom stereocenters. The van der Waals surface area contributed by atoms with Crippen LogP contribution in [0.5, 0.6) is 0 Å². The number of amides is 1. The summed E-state index contributed by atoms with van der Waals surface area (Å²) in [6.07, 6.45) is 9.52. The Morgan fingerprint density at radius 3 is 2.45 bits per heavy atom. The van der Waals surface area contributed by atoms with Crippen LogP contribution in [0.3, 0.4) is 0 Å². The van der Waals surface area contributed by atoms with Crippen molar-refractivity contribution in [3.8, 4) is 17.2 Å². The van der Waals surface area contributed by atoms with Crippen LogP contribution in [0.1, 0.15) is 89.2 Å². The monoisotopic (exact) mass is 866 g/mol. The average molecular weight is 867 g/mol. The average Bonchev–Trinajstić information content (AvgIpc) is 3.71. The van der Waals surface area contributed by atoms with E-state index in [-0.39, 0.29) is 40.9 Å². The summed E-state index contributed by atoms with van der Waals surface area (Å²) in [5, 5.41) is 14.5. The standard InChI is InChI=1S/C47H44F2N10O5/c1-25-17-31(18-26(2)39(25)48)59-41(57-15-14-56(45(57)62)37-8-7-36-32(40(37)49)23-50-54(36)4)33-24-55(13-9-34(33)52-59)42(60)38-20-30-19-28(29-10-16-63-46(22-29)11-12-46)5-6-35(30)58(38)47(21-27(47)3)43-51-44(61)64-53-43/h5-8,14-15,17-20,23,27,29H,9-13,16,21-22,24H2,1-4H3,(H,51,53,61)/t27-,29+,47+/m1/s1. The maximum Gasteiger partial charge on any atom is 0.438 e. The van der Waals surface area contributed by atoms with E-state index in [0.717, 1.165) is 43.2 Å². The number of hydrogen-bond acceptors (Lipinski definition) is 8. The van der Waals surface area contributed by atoms with Crippen molar-refractivity contribution in [2.75, 3.05) is 13.2 Å². The fourth-order valence-electron chi connectivity index (χ4n) is 10.7. The molecule has 1 amide bonds. The van der Waals surface area contributed by atoms with Gasteiger partial charge in [0.25, 0.3) is 5.91 Å². The number of fused-ring (bicyclic) bond motifs is 3. The molecule has 326 valence electrons. The maximum absolute atomic E-state index is 16.1. The number of rotatable bonds is 7. The van der Waals surface area contributed by atoms with E-state index in [2.05, 4.69) is 40.4 Å². The molecule has 8 aromatic rings. The smallest absolute Gasteiger partial charge is 0.375 e. The Bertz CT molecular complexity index is 3370. The van der Waals surface area contributed by atoms with Gasteiger partial charge < -0.3 is 14.2 Å². The number of aromatic nitrogens is 9. The van der Waals surface area contributed by atoms with Gasteiger partial charge in [-0.2, -0.15) is 10.2 Å². The molecule has 0 radical (unpaired) electrons. The molecule has 3 fully saturated rings. The van der Waals surface area contributed by atoms with Gasteiger partial charge in [-0.25, -0.2) is 23.1 Å². The summed E-state index contributed by atoms with van der Waals surface area (Å²) in [7, 11) is 1.72. The Morgan fingerprint density at radius 1 is 0.953 bits per heavy atom. The van der Waals surface area contributed by atoms with Gasteiger partial charge in [0.2, 0.25) is 0 Å². The summed E-state index contributed by atoms with van der Waals surface area (Å²) in [5.74, 6) is -0.797. The van der Waals surface area contributed by atoms with Crippen LogP contribution >= 0.6 is 0 Å². The normalized spacial score (nSPS) is 21.3. The number of aryl methyl sites for hydroxylation is 3. The lowest BCUT2D eigenvalue weighted by Gasteiger charge is -2.30. The Labute approximate surface area is 363 Å². The number of benzene rings is 3. The van der Waals surface area contributed by atoms with Gasteiger partial charge in [0.1, 0.15) is 22.9 Å². The summed E-state index contributed by atoms with van der Waals surface area (Å²) in [5.41, 5.74) is 4.31. The number of imidazole rings is 1. The van der Waals surface area contributed by atoms with Crippen LogP contribution in [-0.4, -0.2) is 73.0 Å². The number of H-pyrrole nitrogens is 1. The second kappa shape index (κ2) is 13.6. The third-order valence-electron chi connectivity index (χ3n) is 14.4. The third kappa shape index (κ3) is 5.64. The molecule has 1 N–H and O–H groups in total. The second-order valence-electron chi connectivity index (χ2n) is 18.3. The Morgan fingerprint density at radius 2 is 1.72 bits per heavy atom. The molecule has 15 nitrogen and oxygen atoms in total. The SMILES string of the molecule is Cc1cc(-n2nc3c(c2-n2ccn(-c4ccc5c(cnn5C)c4F)c2=O)CN(C(=O)c2cc4cc([C@H]5CCOC6(CC6)C5)ccc4n2[C@@]2(c4noc(=O)[nH]4)C[C@H]2C)CC3)cc(C)c1F. The summed E-state index contributed by atoms with van der Waals surface area (Å²) < 4.78 is 50.2. The van der Waals surface area contributed by atoms with E-state index in [9.17, 15) is 9.59 Å². The first kappa shape index (κ1) is 38.8. The van der Waals surface area contributed by atoms with Gasteiger partial charge in [0.15, 0.2) is 11.6 Å². The zero-order chi connectivity index (χ0) is 44.0. The summed E-state index contributed by atoms with van der Waals surface area (Å²) in [6, 6.07) is 15.0. The van der Waals surface area contributed by atoms with Gasteiger partial charge in [-0.15, -0.1) is 0 Å². The Kier molecular flexibility index (Phi) is 8.22. The molecule has 2 aliphatic heterocycles. The zero-order valence-electron chi connectivity index (χ0n) is 35.7. The molecule has 4 aliphatic rings. The van der Waals surface area contributed by atoms with Crippen molar-refractivity contribution in [2.45, 2.75) is 82.9 Å². The van der Waals surface area contributed by atoms with Crippen LogP contribution < -0.4 is 11.4 Å². The number of halogens is 2. The maximum atomic E-state index is 16.1. The van der Waals surface area contributed by atoms with Gasteiger partial charge >= 0.3 is 11.4 Å².